The van der Waals surface area contributed by atoms with Gasteiger partial charge in [-0.25, -0.2) is 4.79 Å². The van der Waals surface area contributed by atoms with Crippen LogP contribution in [0.5, 0.6) is 5.75 Å². The lowest BCUT2D eigenvalue weighted by atomic mass is 9.98. The third kappa shape index (κ3) is 2.09. The molecule has 3 rings (SSSR count). The second-order valence-electron chi connectivity index (χ2n) is 4.82. The largest absolute Gasteiger partial charge is 0.478 e. The molecule has 2 aromatic carbocycles. The second-order valence-corrected chi connectivity index (χ2v) is 4.82. The Hall–Kier alpha value is -2.49. The topological polar surface area (TPSA) is 58.6 Å². The molecule has 0 radical (unpaired) electrons. The number of hydrogen-bond acceptors (Lipinski definition) is 3. The molecule has 1 atom stereocenters. The van der Waals surface area contributed by atoms with Crippen molar-refractivity contribution in [2.24, 2.45) is 0 Å². The summed E-state index contributed by atoms with van der Waals surface area (Å²) in [4.78, 5) is 11.1. The van der Waals surface area contributed by atoms with Crippen LogP contribution in [0.1, 0.15) is 5.56 Å². The van der Waals surface area contributed by atoms with Gasteiger partial charge in [-0.2, -0.15) is 0 Å². The summed E-state index contributed by atoms with van der Waals surface area (Å²) in [5.74, 6) is -0.344. The van der Waals surface area contributed by atoms with Crippen LogP contribution in [-0.4, -0.2) is 23.7 Å². The Bertz CT molecular complexity index is 667. The molecule has 4 heteroatoms. The number of ether oxygens (including phenoxy) is 1. The number of para-hydroxylation sites is 1. The molecule has 0 spiro atoms. The monoisotopic (exact) mass is 269 g/mol. The predicted octanol–water partition coefficient (Wildman–Crippen LogP) is 2.92. The average molecular weight is 269 g/mol. The number of carboxylic acids is 1. The van der Waals surface area contributed by atoms with E-state index >= 15 is 0 Å². The summed E-state index contributed by atoms with van der Waals surface area (Å²) in [5, 5.41) is 12.2. The van der Waals surface area contributed by atoms with Crippen LogP contribution in [0.2, 0.25) is 0 Å². The highest BCUT2D eigenvalue weighted by atomic mass is 16.5. The van der Waals surface area contributed by atoms with Crippen LogP contribution in [0.15, 0.2) is 42.5 Å². The van der Waals surface area contributed by atoms with Gasteiger partial charge in [-0.1, -0.05) is 36.4 Å². The van der Waals surface area contributed by atoms with Gasteiger partial charge in [0, 0.05) is 5.56 Å². The Morgan fingerprint density at radius 3 is 2.70 bits per heavy atom. The third-order valence-corrected chi connectivity index (χ3v) is 3.46. The highest BCUT2D eigenvalue weighted by Gasteiger charge is 2.27. The normalized spacial score (nSPS) is 16.8. The summed E-state index contributed by atoms with van der Waals surface area (Å²) >= 11 is 0. The maximum atomic E-state index is 11.1. The van der Waals surface area contributed by atoms with E-state index in [0.717, 1.165) is 22.4 Å². The first-order valence-corrected chi connectivity index (χ1v) is 6.49. The number of benzene rings is 2. The van der Waals surface area contributed by atoms with Crippen molar-refractivity contribution in [3.63, 3.8) is 0 Å². The molecule has 0 aliphatic carbocycles. The zero-order chi connectivity index (χ0) is 14.1. The van der Waals surface area contributed by atoms with Gasteiger partial charge in [-0.3, -0.25) is 0 Å². The number of nitrogens with one attached hydrogen (secondary N) is 1. The maximum absolute atomic E-state index is 11.1. The Labute approximate surface area is 117 Å². The van der Waals surface area contributed by atoms with E-state index in [2.05, 4.69) is 5.32 Å². The smallest absolute Gasteiger partial charge is 0.346 e. The van der Waals surface area contributed by atoms with Gasteiger partial charge in [-0.15, -0.1) is 0 Å². The van der Waals surface area contributed by atoms with Crippen molar-refractivity contribution in [2.75, 3.05) is 11.9 Å². The summed E-state index contributed by atoms with van der Waals surface area (Å²) in [6, 6.07) is 13.8. The summed E-state index contributed by atoms with van der Waals surface area (Å²) in [6.45, 7) is 2.30. The van der Waals surface area contributed by atoms with Crippen LogP contribution in [0.3, 0.4) is 0 Å². The number of aliphatic carboxylic acids is 1. The molecule has 4 nitrogen and oxygen atoms in total. The summed E-state index contributed by atoms with van der Waals surface area (Å²) in [7, 11) is 0. The highest BCUT2D eigenvalue weighted by molar-refractivity contribution is 5.83. The predicted molar refractivity (Wildman–Crippen MR) is 77.2 cm³/mol. The minimum Gasteiger partial charge on any atom is -0.478 e. The number of fused-ring (bicyclic) bond motifs is 1. The average Bonchev–Trinajstić information content (AvgIpc) is 2.46. The molecule has 1 unspecified atom stereocenters. The molecule has 0 aromatic heterocycles. The molecular formula is C16H15NO3. The summed E-state index contributed by atoms with van der Waals surface area (Å²) in [6.07, 6.45) is -0.854. The zero-order valence-corrected chi connectivity index (χ0v) is 11.1. The van der Waals surface area contributed by atoms with E-state index < -0.39 is 12.1 Å². The summed E-state index contributed by atoms with van der Waals surface area (Å²) < 4.78 is 5.67. The molecule has 1 aliphatic rings. The van der Waals surface area contributed by atoms with Crippen LogP contribution >= 0.6 is 0 Å². The number of rotatable bonds is 2. The Morgan fingerprint density at radius 1 is 1.20 bits per heavy atom. The van der Waals surface area contributed by atoms with Gasteiger partial charge in [0.2, 0.25) is 6.10 Å². The lowest BCUT2D eigenvalue weighted by molar-refractivity contribution is -0.144. The molecule has 0 saturated carbocycles. The van der Waals surface area contributed by atoms with Crippen molar-refractivity contribution < 1.29 is 14.6 Å². The fourth-order valence-electron chi connectivity index (χ4n) is 2.41. The van der Waals surface area contributed by atoms with Crippen molar-refractivity contribution in [2.45, 2.75) is 13.0 Å². The number of carboxylic acid groups (broad SMARTS) is 1. The number of hydrogen-bond donors (Lipinski definition) is 2. The number of anilines is 1. The Balaban J connectivity index is 2.11. The first kappa shape index (κ1) is 12.5. The van der Waals surface area contributed by atoms with Crippen LogP contribution in [-0.2, 0) is 4.79 Å². The van der Waals surface area contributed by atoms with Gasteiger partial charge in [0.05, 0.1) is 12.2 Å². The van der Waals surface area contributed by atoms with E-state index in [1.54, 1.807) is 0 Å². The zero-order valence-electron chi connectivity index (χ0n) is 11.1. The quantitative estimate of drug-likeness (QED) is 0.880. The van der Waals surface area contributed by atoms with Gasteiger partial charge in [0.15, 0.2) is 5.75 Å². The van der Waals surface area contributed by atoms with E-state index in [1.165, 1.54) is 0 Å². The first-order chi connectivity index (χ1) is 9.66. The van der Waals surface area contributed by atoms with Crippen molar-refractivity contribution in [3.05, 3.63) is 48.0 Å². The molecule has 2 aromatic rings. The molecule has 2 N–H and O–H groups in total. The molecule has 0 bridgehead atoms. The van der Waals surface area contributed by atoms with Crippen molar-refractivity contribution in [1.82, 2.24) is 0 Å². The van der Waals surface area contributed by atoms with Gasteiger partial charge >= 0.3 is 5.97 Å². The van der Waals surface area contributed by atoms with Crippen LogP contribution < -0.4 is 10.1 Å². The van der Waals surface area contributed by atoms with Crippen molar-refractivity contribution >= 4 is 11.7 Å². The van der Waals surface area contributed by atoms with E-state index in [-0.39, 0.29) is 6.54 Å². The highest BCUT2D eigenvalue weighted by Crippen LogP contribution is 2.40. The standard InChI is InChI=1S/C16H15NO3/c1-10-5-2-3-6-11(10)12-7-4-8-13-15(12)20-14(9-17-13)16(18)19/h2-8,14,17H,9H2,1H3,(H,18,19). The van der Waals surface area contributed by atoms with Gasteiger partial charge < -0.3 is 15.2 Å². The van der Waals surface area contributed by atoms with Gasteiger partial charge in [0.1, 0.15) is 0 Å². The molecule has 0 amide bonds. The van der Waals surface area contributed by atoms with E-state index in [9.17, 15) is 4.79 Å². The number of carbonyl (C=O) groups is 1. The molecule has 0 saturated heterocycles. The molecule has 20 heavy (non-hydrogen) atoms. The summed E-state index contributed by atoms with van der Waals surface area (Å²) in [5.41, 5.74) is 3.93. The van der Waals surface area contributed by atoms with E-state index in [1.807, 2.05) is 49.4 Å². The number of aryl methyl sites for hydroxylation is 1. The van der Waals surface area contributed by atoms with Crippen LogP contribution in [0.25, 0.3) is 11.1 Å². The Kier molecular flexibility index (Phi) is 3.06. The lowest BCUT2D eigenvalue weighted by Gasteiger charge is -2.27. The van der Waals surface area contributed by atoms with E-state index in [0.29, 0.717) is 5.75 Å². The minimum absolute atomic E-state index is 0.277. The van der Waals surface area contributed by atoms with Crippen LogP contribution in [0, 0.1) is 6.92 Å². The van der Waals surface area contributed by atoms with Crippen molar-refractivity contribution in [1.29, 1.82) is 0 Å². The fraction of sp³-hybridized carbons (Fsp3) is 0.188. The SMILES string of the molecule is Cc1ccccc1-c1cccc2c1OC(C(=O)O)CN2. The molecule has 1 heterocycles. The molecule has 1 aliphatic heterocycles. The Morgan fingerprint density at radius 2 is 1.95 bits per heavy atom. The fourth-order valence-corrected chi connectivity index (χ4v) is 2.41. The minimum atomic E-state index is -0.956. The second kappa shape index (κ2) is 4.89. The van der Waals surface area contributed by atoms with Crippen molar-refractivity contribution in [3.8, 4) is 16.9 Å². The van der Waals surface area contributed by atoms with Gasteiger partial charge in [0.25, 0.3) is 0 Å². The third-order valence-electron chi connectivity index (χ3n) is 3.46. The van der Waals surface area contributed by atoms with Crippen LogP contribution in [0.4, 0.5) is 5.69 Å². The lowest BCUT2D eigenvalue weighted by Crippen LogP contribution is -2.37. The van der Waals surface area contributed by atoms with E-state index in [4.69, 9.17) is 9.84 Å². The molecular weight excluding hydrogens is 254 g/mol. The molecule has 102 valence electrons. The van der Waals surface area contributed by atoms with Gasteiger partial charge in [-0.05, 0) is 24.1 Å². The molecule has 0 fully saturated rings. The first-order valence-electron chi connectivity index (χ1n) is 6.49. The maximum Gasteiger partial charge on any atom is 0.346 e.